The summed E-state index contributed by atoms with van der Waals surface area (Å²) < 4.78 is 32.5. The number of ether oxygens (including phenoxy) is 1. The van der Waals surface area contributed by atoms with Gasteiger partial charge in [-0.3, -0.25) is 4.79 Å². The molecule has 0 aromatic carbocycles. The van der Waals surface area contributed by atoms with Crippen LogP contribution < -0.4 is 5.32 Å². The molecule has 2 aromatic rings. The van der Waals surface area contributed by atoms with Crippen molar-refractivity contribution in [2.75, 3.05) is 26.3 Å². The standard InChI is InChI=1S/C20H26N2O4S3/c23-20(18-13-15-5-3-1-2-4-6-17(15)28-18)21-14-16-7-8-19(27-16)29(24,25)22-9-11-26-12-10-22/h7-8,13H,1-6,9-12,14H2,(H,21,23). The van der Waals surface area contributed by atoms with Gasteiger partial charge < -0.3 is 10.1 Å². The van der Waals surface area contributed by atoms with Gasteiger partial charge in [-0.05, 0) is 49.4 Å². The van der Waals surface area contributed by atoms with E-state index >= 15 is 0 Å². The van der Waals surface area contributed by atoms with Crippen molar-refractivity contribution < 1.29 is 17.9 Å². The Hall–Kier alpha value is -1.26. The molecule has 0 spiro atoms. The molecular formula is C20H26N2O4S3. The second-order valence-corrected chi connectivity index (χ2v) is 11.9. The van der Waals surface area contributed by atoms with Crippen molar-refractivity contribution in [3.63, 3.8) is 0 Å². The second-order valence-electron chi connectivity index (χ2n) is 7.39. The summed E-state index contributed by atoms with van der Waals surface area (Å²) in [5.41, 5.74) is 1.33. The fraction of sp³-hybridized carbons (Fsp3) is 0.550. The Bertz CT molecular complexity index is 933. The van der Waals surface area contributed by atoms with Crippen LogP contribution in [-0.2, 0) is 34.1 Å². The quantitative estimate of drug-likeness (QED) is 0.751. The fourth-order valence-electron chi connectivity index (χ4n) is 3.72. The summed E-state index contributed by atoms with van der Waals surface area (Å²) in [5.74, 6) is -0.0762. The average molecular weight is 455 g/mol. The highest BCUT2D eigenvalue weighted by atomic mass is 32.2. The van der Waals surface area contributed by atoms with Crippen molar-refractivity contribution >= 4 is 38.6 Å². The zero-order chi connectivity index (χ0) is 20.3. The van der Waals surface area contributed by atoms with Crippen molar-refractivity contribution in [1.82, 2.24) is 9.62 Å². The highest BCUT2D eigenvalue weighted by Crippen LogP contribution is 2.29. The number of amides is 1. The maximum absolute atomic E-state index is 12.7. The predicted octanol–water partition coefficient (Wildman–Crippen LogP) is 3.42. The van der Waals surface area contributed by atoms with Crippen molar-refractivity contribution in [1.29, 1.82) is 0 Å². The smallest absolute Gasteiger partial charge is 0.261 e. The Morgan fingerprint density at radius 3 is 2.62 bits per heavy atom. The molecule has 0 saturated carbocycles. The SMILES string of the molecule is O=C(NCc1ccc(S(=O)(=O)N2CCOCC2)s1)c1cc2c(s1)CCCCCC2. The number of hydrogen-bond donors (Lipinski definition) is 1. The van der Waals surface area contributed by atoms with E-state index in [0.717, 1.165) is 22.6 Å². The van der Waals surface area contributed by atoms with E-state index in [0.29, 0.717) is 37.1 Å². The zero-order valence-corrected chi connectivity index (χ0v) is 18.8. The molecule has 2 aliphatic rings. The molecule has 0 radical (unpaired) electrons. The highest BCUT2D eigenvalue weighted by molar-refractivity contribution is 7.91. The van der Waals surface area contributed by atoms with Gasteiger partial charge in [0.1, 0.15) is 4.21 Å². The molecule has 1 saturated heterocycles. The molecule has 3 heterocycles. The van der Waals surface area contributed by atoms with Gasteiger partial charge in [-0.15, -0.1) is 22.7 Å². The Kier molecular flexibility index (Phi) is 6.70. The molecule has 1 fully saturated rings. The van der Waals surface area contributed by atoms with Crippen LogP contribution in [0.3, 0.4) is 0 Å². The summed E-state index contributed by atoms with van der Waals surface area (Å²) in [5, 5.41) is 2.95. The third-order valence-electron chi connectivity index (χ3n) is 5.34. The van der Waals surface area contributed by atoms with Gasteiger partial charge >= 0.3 is 0 Å². The van der Waals surface area contributed by atoms with Crippen LogP contribution in [-0.4, -0.2) is 44.9 Å². The summed E-state index contributed by atoms with van der Waals surface area (Å²) >= 11 is 2.83. The van der Waals surface area contributed by atoms with E-state index in [1.165, 1.54) is 51.8 Å². The Balaban J connectivity index is 1.38. The third kappa shape index (κ3) is 4.91. The Morgan fingerprint density at radius 2 is 1.83 bits per heavy atom. The monoisotopic (exact) mass is 454 g/mol. The van der Waals surface area contributed by atoms with Gasteiger partial charge in [0.15, 0.2) is 0 Å². The molecule has 1 aliphatic carbocycles. The topological polar surface area (TPSA) is 75.7 Å². The Morgan fingerprint density at radius 1 is 1.07 bits per heavy atom. The van der Waals surface area contributed by atoms with Gasteiger partial charge in [0.2, 0.25) is 0 Å². The van der Waals surface area contributed by atoms with E-state index in [1.54, 1.807) is 23.5 Å². The lowest BCUT2D eigenvalue weighted by Gasteiger charge is -2.25. The van der Waals surface area contributed by atoms with Crippen molar-refractivity contribution in [2.45, 2.75) is 49.3 Å². The first-order chi connectivity index (χ1) is 14.0. The normalized spacial score (nSPS) is 18.6. The molecule has 6 nitrogen and oxygen atoms in total. The van der Waals surface area contributed by atoms with Crippen LogP contribution in [0, 0.1) is 0 Å². The minimum atomic E-state index is -3.48. The van der Waals surface area contributed by atoms with Crippen molar-refractivity contribution in [2.24, 2.45) is 0 Å². The number of aryl methyl sites for hydroxylation is 2. The van der Waals surface area contributed by atoms with Crippen LogP contribution in [0.5, 0.6) is 0 Å². The maximum atomic E-state index is 12.7. The lowest BCUT2D eigenvalue weighted by molar-refractivity contribution is 0.0731. The number of rotatable bonds is 5. The Labute approximate surface area is 179 Å². The van der Waals surface area contributed by atoms with E-state index in [4.69, 9.17) is 4.74 Å². The molecule has 0 atom stereocenters. The first kappa shape index (κ1) is 21.0. The minimum Gasteiger partial charge on any atom is -0.379 e. The number of carbonyl (C=O) groups is 1. The van der Waals surface area contributed by atoms with Crippen LogP contribution in [0.25, 0.3) is 0 Å². The third-order valence-corrected chi connectivity index (χ3v) is 10.0. The number of fused-ring (bicyclic) bond motifs is 1. The fourth-order valence-corrected chi connectivity index (χ4v) is 7.74. The highest BCUT2D eigenvalue weighted by Gasteiger charge is 2.27. The van der Waals surface area contributed by atoms with E-state index in [1.807, 2.05) is 6.07 Å². The van der Waals surface area contributed by atoms with Crippen molar-refractivity contribution in [3.8, 4) is 0 Å². The summed E-state index contributed by atoms with van der Waals surface area (Å²) in [6.45, 7) is 1.96. The molecule has 1 N–H and O–H groups in total. The number of hydrogen-bond acceptors (Lipinski definition) is 6. The molecule has 4 rings (SSSR count). The molecule has 29 heavy (non-hydrogen) atoms. The molecule has 0 bridgehead atoms. The molecular weight excluding hydrogens is 428 g/mol. The van der Waals surface area contributed by atoms with Gasteiger partial charge in [-0.1, -0.05) is 12.8 Å². The number of nitrogens with one attached hydrogen (secondary N) is 1. The van der Waals surface area contributed by atoms with Gasteiger partial charge in [0.05, 0.1) is 24.6 Å². The summed E-state index contributed by atoms with van der Waals surface area (Å²) in [4.78, 5) is 15.6. The number of sulfonamides is 1. The van der Waals surface area contributed by atoms with E-state index < -0.39 is 10.0 Å². The first-order valence-corrected chi connectivity index (χ1v) is 13.2. The second kappa shape index (κ2) is 9.26. The number of thiophene rings is 2. The minimum absolute atomic E-state index is 0.0762. The average Bonchev–Trinajstić information content (AvgIpc) is 3.34. The van der Waals surface area contributed by atoms with Crippen molar-refractivity contribution in [3.05, 3.63) is 38.4 Å². The lowest BCUT2D eigenvalue weighted by Crippen LogP contribution is -2.40. The van der Waals surface area contributed by atoms with Gasteiger partial charge in [0.25, 0.3) is 15.9 Å². The number of carbonyl (C=O) groups excluding carboxylic acids is 1. The molecule has 1 amide bonds. The zero-order valence-electron chi connectivity index (χ0n) is 16.3. The van der Waals surface area contributed by atoms with Gasteiger partial charge in [0, 0.05) is 22.8 Å². The van der Waals surface area contributed by atoms with Crippen LogP contribution >= 0.6 is 22.7 Å². The number of nitrogens with zero attached hydrogens (tertiary/aromatic N) is 1. The van der Waals surface area contributed by atoms with Crippen LogP contribution in [0.1, 0.15) is 50.7 Å². The molecule has 158 valence electrons. The number of morpholine rings is 1. The largest absolute Gasteiger partial charge is 0.379 e. The lowest BCUT2D eigenvalue weighted by atomic mass is 10.00. The van der Waals surface area contributed by atoms with Gasteiger partial charge in [-0.2, -0.15) is 4.31 Å². The van der Waals surface area contributed by atoms with E-state index in [9.17, 15) is 13.2 Å². The summed E-state index contributed by atoms with van der Waals surface area (Å²) in [7, 11) is -3.48. The maximum Gasteiger partial charge on any atom is 0.261 e. The van der Waals surface area contributed by atoms with E-state index in [2.05, 4.69) is 5.32 Å². The predicted molar refractivity (Wildman–Crippen MR) is 115 cm³/mol. The summed E-state index contributed by atoms with van der Waals surface area (Å²) in [6.07, 6.45) is 7.07. The van der Waals surface area contributed by atoms with Crippen LogP contribution in [0.2, 0.25) is 0 Å². The molecule has 0 unspecified atom stereocenters. The van der Waals surface area contributed by atoms with Crippen LogP contribution in [0.4, 0.5) is 0 Å². The molecule has 2 aromatic heterocycles. The summed E-state index contributed by atoms with van der Waals surface area (Å²) in [6, 6.07) is 5.46. The van der Waals surface area contributed by atoms with E-state index in [-0.39, 0.29) is 5.91 Å². The molecule has 9 heteroatoms. The van der Waals surface area contributed by atoms with Gasteiger partial charge in [-0.25, -0.2) is 8.42 Å². The van der Waals surface area contributed by atoms with Crippen LogP contribution in [0.15, 0.2) is 22.4 Å². The first-order valence-electron chi connectivity index (χ1n) is 10.1. The molecule has 1 aliphatic heterocycles.